The van der Waals surface area contributed by atoms with E-state index in [0.717, 1.165) is 45.7 Å². The lowest BCUT2D eigenvalue weighted by molar-refractivity contribution is -0.118. The standard InChI is InChI=1S/C18H29N3OS/c1-15-5-6-16(2)17(13-15)23-14-18(22)19-7-4-8-21-11-9-20(3)10-12-21/h5-6,13H,4,7-12,14H2,1-3H3,(H,19,22). The number of carbonyl (C=O) groups is 1. The number of aryl methyl sites for hydroxylation is 2. The van der Waals surface area contributed by atoms with Gasteiger partial charge in [-0.25, -0.2) is 0 Å². The second-order valence-corrected chi connectivity index (χ2v) is 7.42. The van der Waals surface area contributed by atoms with Gasteiger partial charge in [-0.05, 0) is 45.5 Å². The van der Waals surface area contributed by atoms with Crippen LogP contribution >= 0.6 is 11.8 Å². The molecule has 0 spiro atoms. The highest BCUT2D eigenvalue weighted by molar-refractivity contribution is 8.00. The van der Waals surface area contributed by atoms with Crippen LogP contribution in [0.1, 0.15) is 17.5 Å². The Morgan fingerprint density at radius 1 is 1.22 bits per heavy atom. The van der Waals surface area contributed by atoms with E-state index in [4.69, 9.17) is 0 Å². The summed E-state index contributed by atoms with van der Waals surface area (Å²) in [6.07, 6.45) is 1.03. The third-order valence-corrected chi connectivity index (χ3v) is 5.43. The Hall–Kier alpha value is -1.04. The number of hydrogen-bond acceptors (Lipinski definition) is 4. The van der Waals surface area contributed by atoms with Crippen molar-refractivity contribution in [3.05, 3.63) is 29.3 Å². The Labute approximate surface area is 144 Å². The minimum Gasteiger partial charge on any atom is -0.355 e. The monoisotopic (exact) mass is 335 g/mol. The van der Waals surface area contributed by atoms with Crippen LogP contribution in [0.4, 0.5) is 0 Å². The minimum atomic E-state index is 0.134. The zero-order valence-electron chi connectivity index (χ0n) is 14.6. The molecule has 128 valence electrons. The average Bonchev–Trinajstić information content (AvgIpc) is 2.54. The van der Waals surface area contributed by atoms with Crippen LogP contribution in [0.25, 0.3) is 0 Å². The Morgan fingerprint density at radius 2 is 1.96 bits per heavy atom. The maximum atomic E-state index is 12.0. The van der Waals surface area contributed by atoms with Crippen molar-refractivity contribution < 1.29 is 4.79 Å². The van der Waals surface area contributed by atoms with Gasteiger partial charge in [-0.3, -0.25) is 4.79 Å². The van der Waals surface area contributed by atoms with Crippen LogP contribution in [0.15, 0.2) is 23.1 Å². The lowest BCUT2D eigenvalue weighted by Gasteiger charge is -2.32. The fourth-order valence-corrected chi connectivity index (χ4v) is 3.61. The number of rotatable bonds is 7. The first-order valence-electron chi connectivity index (χ1n) is 8.42. The maximum Gasteiger partial charge on any atom is 0.230 e. The van der Waals surface area contributed by atoms with Crippen LogP contribution < -0.4 is 5.32 Å². The van der Waals surface area contributed by atoms with Gasteiger partial charge in [0.25, 0.3) is 0 Å². The van der Waals surface area contributed by atoms with Crippen molar-refractivity contribution in [2.24, 2.45) is 0 Å². The summed E-state index contributed by atoms with van der Waals surface area (Å²) in [5.74, 6) is 0.632. The smallest absolute Gasteiger partial charge is 0.230 e. The molecule has 23 heavy (non-hydrogen) atoms. The van der Waals surface area contributed by atoms with Gasteiger partial charge in [0.1, 0.15) is 0 Å². The molecular formula is C18H29N3OS. The van der Waals surface area contributed by atoms with Gasteiger partial charge in [0.15, 0.2) is 0 Å². The van der Waals surface area contributed by atoms with E-state index in [1.54, 1.807) is 11.8 Å². The van der Waals surface area contributed by atoms with Gasteiger partial charge in [-0.2, -0.15) is 0 Å². The van der Waals surface area contributed by atoms with Gasteiger partial charge in [0.2, 0.25) is 5.91 Å². The topological polar surface area (TPSA) is 35.6 Å². The SMILES string of the molecule is Cc1ccc(C)c(SCC(=O)NCCCN2CCN(C)CC2)c1. The molecular weight excluding hydrogens is 306 g/mol. The van der Waals surface area contributed by atoms with Gasteiger partial charge in [0.05, 0.1) is 5.75 Å². The van der Waals surface area contributed by atoms with E-state index in [0.29, 0.717) is 5.75 Å². The van der Waals surface area contributed by atoms with Crippen molar-refractivity contribution in [1.82, 2.24) is 15.1 Å². The number of nitrogens with zero attached hydrogens (tertiary/aromatic N) is 2. The quantitative estimate of drug-likeness (QED) is 0.612. The Kier molecular flexibility index (Phi) is 7.40. The fourth-order valence-electron chi connectivity index (χ4n) is 2.66. The number of nitrogens with one attached hydrogen (secondary N) is 1. The summed E-state index contributed by atoms with van der Waals surface area (Å²) in [4.78, 5) is 18.0. The van der Waals surface area contributed by atoms with Crippen molar-refractivity contribution >= 4 is 17.7 Å². The fraction of sp³-hybridized carbons (Fsp3) is 0.611. The minimum absolute atomic E-state index is 0.134. The van der Waals surface area contributed by atoms with Gasteiger partial charge in [-0.1, -0.05) is 17.7 Å². The summed E-state index contributed by atoms with van der Waals surface area (Å²) >= 11 is 1.63. The van der Waals surface area contributed by atoms with E-state index in [1.807, 2.05) is 0 Å². The highest BCUT2D eigenvalue weighted by Crippen LogP contribution is 2.23. The molecule has 5 heteroatoms. The molecule has 1 heterocycles. The zero-order valence-corrected chi connectivity index (χ0v) is 15.4. The number of piperazine rings is 1. The van der Waals surface area contributed by atoms with Crippen LogP contribution in [0.2, 0.25) is 0 Å². The molecule has 0 aliphatic carbocycles. The number of carbonyl (C=O) groups excluding carboxylic acids is 1. The van der Waals surface area contributed by atoms with E-state index in [9.17, 15) is 4.79 Å². The lowest BCUT2D eigenvalue weighted by Crippen LogP contribution is -2.45. The van der Waals surface area contributed by atoms with Crippen molar-refractivity contribution in [3.8, 4) is 0 Å². The van der Waals surface area contributed by atoms with Crippen molar-refractivity contribution in [2.75, 3.05) is 52.1 Å². The van der Waals surface area contributed by atoms with E-state index in [-0.39, 0.29) is 5.91 Å². The van der Waals surface area contributed by atoms with Crippen LogP contribution in [-0.2, 0) is 4.79 Å². The van der Waals surface area contributed by atoms with E-state index >= 15 is 0 Å². The average molecular weight is 336 g/mol. The molecule has 0 unspecified atom stereocenters. The summed E-state index contributed by atoms with van der Waals surface area (Å²) in [6.45, 7) is 10.6. The highest BCUT2D eigenvalue weighted by Gasteiger charge is 2.13. The van der Waals surface area contributed by atoms with Crippen LogP contribution in [0.5, 0.6) is 0 Å². The van der Waals surface area contributed by atoms with Gasteiger partial charge >= 0.3 is 0 Å². The number of likely N-dealkylation sites (N-methyl/N-ethyl adjacent to an activating group) is 1. The van der Waals surface area contributed by atoms with E-state index < -0.39 is 0 Å². The molecule has 4 nitrogen and oxygen atoms in total. The number of thioether (sulfide) groups is 1. The van der Waals surface area contributed by atoms with Crippen LogP contribution in [0.3, 0.4) is 0 Å². The normalized spacial score (nSPS) is 16.5. The van der Waals surface area contributed by atoms with E-state index in [2.05, 4.69) is 54.2 Å². The Balaban J connectivity index is 1.59. The summed E-state index contributed by atoms with van der Waals surface area (Å²) in [5.41, 5.74) is 2.48. The molecule has 1 aliphatic rings. The molecule has 1 N–H and O–H groups in total. The number of hydrogen-bond donors (Lipinski definition) is 1. The predicted octanol–water partition coefficient (Wildman–Crippen LogP) is 2.15. The first kappa shape index (κ1) is 18.3. The molecule has 2 rings (SSSR count). The molecule has 1 aromatic carbocycles. The summed E-state index contributed by atoms with van der Waals surface area (Å²) < 4.78 is 0. The molecule has 0 radical (unpaired) electrons. The molecule has 0 atom stereocenters. The molecule has 0 bridgehead atoms. The molecule has 1 saturated heterocycles. The van der Waals surface area contributed by atoms with Crippen LogP contribution in [-0.4, -0.2) is 67.8 Å². The molecule has 1 aliphatic heterocycles. The largest absolute Gasteiger partial charge is 0.355 e. The molecule has 1 fully saturated rings. The molecule has 1 amide bonds. The highest BCUT2D eigenvalue weighted by atomic mass is 32.2. The van der Waals surface area contributed by atoms with Gasteiger partial charge in [-0.15, -0.1) is 11.8 Å². The Bertz CT molecular complexity index is 513. The third kappa shape index (κ3) is 6.53. The second kappa shape index (κ2) is 9.30. The molecule has 0 aromatic heterocycles. The lowest BCUT2D eigenvalue weighted by atomic mass is 10.2. The second-order valence-electron chi connectivity index (χ2n) is 6.41. The van der Waals surface area contributed by atoms with Crippen molar-refractivity contribution in [2.45, 2.75) is 25.2 Å². The van der Waals surface area contributed by atoms with Crippen molar-refractivity contribution in [3.63, 3.8) is 0 Å². The molecule has 0 saturated carbocycles. The van der Waals surface area contributed by atoms with E-state index in [1.165, 1.54) is 16.0 Å². The maximum absolute atomic E-state index is 12.0. The summed E-state index contributed by atoms with van der Waals surface area (Å²) in [7, 11) is 2.17. The predicted molar refractivity (Wildman–Crippen MR) is 98.2 cm³/mol. The summed E-state index contributed by atoms with van der Waals surface area (Å²) in [6, 6.07) is 6.38. The molecule has 1 aromatic rings. The van der Waals surface area contributed by atoms with Crippen LogP contribution in [0, 0.1) is 13.8 Å². The van der Waals surface area contributed by atoms with Gasteiger partial charge < -0.3 is 15.1 Å². The van der Waals surface area contributed by atoms with Gasteiger partial charge in [0, 0.05) is 37.6 Å². The first-order chi connectivity index (χ1) is 11.0. The van der Waals surface area contributed by atoms with Crippen molar-refractivity contribution in [1.29, 1.82) is 0 Å². The summed E-state index contributed by atoms with van der Waals surface area (Å²) in [5, 5.41) is 3.04. The number of amides is 1. The first-order valence-corrected chi connectivity index (χ1v) is 9.41. The zero-order chi connectivity index (χ0) is 16.7. The third-order valence-electron chi connectivity index (χ3n) is 4.27. The Morgan fingerprint density at radius 3 is 2.70 bits per heavy atom. The number of benzene rings is 1.